The molecule has 1 aromatic heterocycles. The Morgan fingerprint density at radius 1 is 1.30 bits per heavy atom. The SMILES string of the molecule is C[C@@H](Oc1cccnc1[N+](=O)[O-])C(=O)N(C)Cc1ccccc1. The van der Waals surface area contributed by atoms with E-state index in [2.05, 4.69) is 4.98 Å². The van der Waals surface area contributed by atoms with Crippen molar-refractivity contribution in [3.63, 3.8) is 0 Å². The fourth-order valence-electron chi connectivity index (χ4n) is 2.10. The number of nitro groups is 1. The lowest BCUT2D eigenvalue weighted by Crippen LogP contribution is -2.37. The molecule has 0 saturated heterocycles. The van der Waals surface area contributed by atoms with E-state index >= 15 is 0 Å². The molecule has 0 aliphatic heterocycles. The Morgan fingerprint density at radius 2 is 2.00 bits per heavy atom. The van der Waals surface area contributed by atoms with Gasteiger partial charge in [-0.2, -0.15) is 0 Å². The maximum Gasteiger partial charge on any atom is 0.406 e. The second-order valence-electron chi connectivity index (χ2n) is 5.02. The van der Waals surface area contributed by atoms with Crippen molar-refractivity contribution in [1.82, 2.24) is 9.88 Å². The summed E-state index contributed by atoms with van der Waals surface area (Å²) in [4.78, 5) is 27.8. The molecule has 120 valence electrons. The van der Waals surface area contributed by atoms with Crippen LogP contribution in [0.2, 0.25) is 0 Å². The van der Waals surface area contributed by atoms with Crippen LogP contribution in [0.15, 0.2) is 48.7 Å². The number of carbonyl (C=O) groups excluding carboxylic acids is 1. The predicted molar refractivity (Wildman–Crippen MR) is 83.9 cm³/mol. The first kappa shape index (κ1) is 16.4. The topological polar surface area (TPSA) is 85.6 Å². The molecule has 0 aliphatic rings. The highest BCUT2D eigenvalue weighted by molar-refractivity contribution is 5.80. The molecule has 1 heterocycles. The average molecular weight is 315 g/mol. The van der Waals surface area contributed by atoms with E-state index in [4.69, 9.17) is 4.74 Å². The van der Waals surface area contributed by atoms with Crippen LogP contribution in [0, 0.1) is 10.1 Å². The summed E-state index contributed by atoms with van der Waals surface area (Å²) >= 11 is 0. The molecule has 0 spiro atoms. The van der Waals surface area contributed by atoms with Gasteiger partial charge in [-0.05, 0) is 34.5 Å². The van der Waals surface area contributed by atoms with Crippen LogP contribution in [0.3, 0.4) is 0 Å². The van der Waals surface area contributed by atoms with Gasteiger partial charge in [-0.3, -0.25) is 4.79 Å². The van der Waals surface area contributed by atoms with Gasteiger partial charge in [0.15, 0.2) is 6.10 Å². The third kappa shape index (κ3) is 4.26. The number of likely N-dealkylation sites (N-methyl/N-ethyl adjacent to an activating group) is 1. The van der Waals surface area contributed by atoms with Gasteiger partial charge in [-0.15, -0.1) is 0 Å². The van der Waals surface area contributed by atoms with Gasteiger partial charge in [0.05, 0.1) is 0 Å². The third-order valence-electron chi connectivity index (χ3n) is 3.21. The maximum atomic E-state index is 12.3. The minimum Gasteiger partial charge on any atom is -0.473 e. The van der Waals surface area contributed by atoms with E-state index in [1.807, 2.05) is 30.3 Å². The smallest absolute Gasteiger partial charge is 0.406 e. The Morgan fingerprint density at radius 3 is 2.65 bits per heavy atom. The molecule has 23 heavy (non-hydrogen) atoms. The van der Waals surface area contributed by atoms with Crippen molar-refractivity contribution in [2.75, 3.05) is 7.05 Å². The lowest BCUT2D eigenvalue weighted by Gasteiger charge is -2.22. The molecule has 1 atom stereocenters. The van der Waals surface area contributed by atoms with Crippen LogP contribution in [0.4, 0.5) is 5.82 Å². The summed E-state index contributed by atoms with van der Waals surface area (Å²) in [5, 5.41) is 10.9. The third-order valence-corrected chi connectivity index (χ3v) is 3.21. The van der Waals surface area contributed by atoms with E-state index in [1.54, 1.807) is 14.0 Å². The largest absolute Gasteiger partial charge is 0.473 e. The summed E-state index contributed by atoms with van der Waals surface area (Å²) < 4.78 is 5.43. The van der Waals surface area contributed by atoms with Gasteiger partial charge in [0, 0.05) is 13.6 Å². The van der Waals surface area contributed by atoms with Crippen molar-refractivity contribution in [1.29, 1.82) is 0 Å². The van der Waals surface area contributed by atoms with E-state index in [0.717, 1.165) is 5.56 Å². The quantitative estimate of drug-likeness (QED) is 0.603. The van der Waals surface area contributed by atoms with Crippen LogP contribution >= 0.6 is 0 Å². The number of aromatic nitrogens is 1. The van der Waals surface area contributed by atoms with Gasteiger partial charge in [0.25, 0.3) is 5.91 Å². The van der Waals surface area contributed by atoms with Crippen molar-refractivity contribution in [2.24, 2.45) is 0 Å². The lowest BCUT2D eigenvalue weighted by molar-refractivity contribution is -0.390. The second-order valence-corrected chi connectivity index (χ2v) is 5.02. The molecule has 2 rings (SSSR count). The van der Waals surface area contributed by atoms with Gasteiger partial charge in [0.1, 0.15) is 6.20 Å². The molecule has 7 nitrogen and oxygen atoms in total. The molecule has 7 heteroatoms. The molecule has 0 fully saturated rings. The van der Waals surface area contributed by atoms with Crippen LogP contribution in [0.1, 0.15) is 12.5 Å². The highest BCUT2D eigenvalue weighted by Gasteiger charge is 2.24. The average Bonchev–Trinajstić information content (AvgIpc) is 2.55. The molecule has 0 N–H and O–H groups in total. The zero-order valence-electron chi connectivity index (χ0n) is 12.9. The Kier molecular flexibility index (Phi) is 5.24. The molecular weight excluding hydrogens is 298 g/mol. The summed E-state index contributed by atoms with van der Waals surface area (Å²) in [6, 6.07) is 12.5. The summed E-state index contributed by atoms with van der Waals surface area (Å²) in [7, 11) is 1.66. The van der Waals surface area contributed by atoms with Crippen LogP contribution < -0.4 is 4.74 Å². The van der Waals surface area contributed by atoms with Crippen molar-refractivity contribution in [2.45, 2.75) is 19.6 Å². The molecule has 1 amide bonds. The lowest BCUT2D eigenvalue weighted by atomic mass is 10.2. The van der Waals surface area contributed by atoms with Gasteiger partial charge in [-0.25, -0.2) is 0 Å². The molecular formula is C16H17N3O4. The first-order valence-electron chi connectivity index (χ1n) is 7.04. The predicted octanol–water partition coefficient (Wildman–Crippen LogP) is 2.42. The van der Waals surface area contributed by atoms with Crippen molar-refractivity contribution < 1.29 is 14.5 Å². The highest BCUT2D eigenvalue weighted by atomic mass is 16.6. The zero-order valence-corrected chi connectivity index (χ0v) is 12.9. The van der Waals surface area contributed by atoms with Gasteiger partial charge in [0.2, 0.25) is 5.75 Å². The van der Waals surface area contributed by atoms with Crippen molar-refractivity contribution >= 4 is 11.7 Å². The highest BCUT2D eigenvalue weighted by Crippen LogP contribution is 2.24. The first-order valence-corrected chi connectivity index (χ1v) is 7.04. The molecule has 1 aromatic carbocycles. The summed E-state index contributed by atoms with van der Waals surface area (Å²) in [6.07, 6.45) is 0.450. The molecule has 0 radical (unpaired) electrons. The zero-order chi connectivity index (χ0) is 16.8. The molecule has 0 saturated carbocycles. The van der Waals surface area contributed by atoms with Crippen LogP contribution in [0.5, 0.6) is 5.75 Å². The number of carbonyl (C=O) groups is 1. The fraction of sp³-hybridized carbons (Fsp3) is 0.250. The molecule has 0 unspecified atom stereocenters. The standard InChI is InChI=1S/C16H17N3O4/c1-12(23-14-9-6-10-17-15(14)19(21)22)16(20)18(2)11-13-7-4-3-5-8-13/h3-10,12H,11H2,1-2H3/t12-/m1/s1. The number of hydrogen-bond donors (Lipinski definition) is 0. The van der Waals surface area contributed by atoms with Crippen LogP contribution in [-0.2, 0) is 11.3 Å². The van der Waals surface area contributed by atoms with Crippen LogP contribution in [0.25, 0.3) is 0 Å². The molecule has 0 bridgehead atoms. The fourth-order valence-corrected chi connectivity index (χ4v) is 2.10. The van der Waals surface area contributed by atoms with Gasteiger partial charge in [-0.1, -0.05) is 30.3 Å². The number of pyridine rings is 1. The minimum absolute atomic E-state index is 0.0218. The first-order chi connectivity index (χ1) is 11.0. The second kappa shape index (κ2) is 7.35. The normalized spacial score (nSPS) is 11.6. The number of nitrogens with zero attached hydrogens (tertiary/aromatic N) is 3. The summed E-state index contributed by atoms with van der Waals surface area (Å²) in [5.41, 5.74) is 0.989. The minimum atomic E-state index is -0.855. The van der Waals surface area contributed by atoms with E-state index in [1.165, 1.54) is 23.2 Å². The van der Waals surface area contributed by atoms with E-state index in [9.17, 15) is 14.9 Å². The summed E-state index contributed by atoms with van der Waals surface area (Å²) in [5.74, 6) is -0.698. The van der Waals surface area contributed by atoms with Crippen LogP contribution in [-0.4, -0.2) is 33.9 Å². The maximum absolute atomic E-state index is 12.3. The number of rotatable bonds is 6. The number of hydrogen-bond acceptors (Lipinski definition) is 5. The molecule has 0 aliphatic carbocycles. The Bertz CT molecular complexity index is 691. The van der Waals surface area contributed by atoms with Gasteiger partial charge < -0.3 is 19.8 Å². The summed E-state index contributed by atoms with van der Waals surface area (Å²) in [6.45, 7) is 1.99. The Labute approximate surface area is 133 Å². The molecule has 2 aromatic rings. The number of amides is 1. The Hall–Kier alpha value is -2.96. The number of ether oxygens (including phenoxy) is 1. The van der Waals surface area contributed by atoms with E-state index in [0.29, 0.717) is 6.54 Å². The van der Waals surface area contributed by atoms with Crippen molar-refractivity contribution in [3.05, 3.63) is 64.3 Å². The Balaban J connectivity index is 2.04. The number of benzene rings is 1. The van der Waals surface area contributed by atoms with E-state index < -0.39 is 16.8 Å². The van der Waals surface area contributed by atoms with Crippen molar-refractivity contribution in [3.8, 4) is 5.75 Å². The van der Waals surface area contributed by atoms with Gasteiger partial charge >= 0.3 is 5.82 Å². The monoisotopic (exact) mass is 315 g/mol. The van der Waals surface area contributed by atoms with E-state index in [-0.39, 0.29) is 11.7 Å².